The zero-order valence-electron chi connectivity index (χ0n) is 16.4. The minimum atomic E-state index is -0.416. The lowest BCUT2D eigenvalue weighted by Gasteiger charge is -2.32. The summed E-state index contributed by atoms with van der Waals surface area (Å²) in [4.78, 5) is 17.3. The van der Waals surface area contributed by atoms with Crippen molar-refractivity contribution in [2.24, 2.45) is 0 Å². The topological polar surface area (TPSA) is 44.8 Å². The Labute approximate surface area is 160 Å². The zero-order chi connectivity index (χ0) is 19.2. The summed E-state index contributed by atoms with van der Waals surface area (Å²) in [7, 11) is 4.28. The molecule has 2 aliphatic heterocycles. The van der Waals surface area contributed by atoms with Gasteiger partial charge in [0.1, 0.15) is 5.75 Å². The molecule has 3 atom stereocenters. The normalized spacial score (nSPS) is 25.0. The van der Waals surface area contributed by atoms with Gasteiger partial charge in [-0.05, 0) is 38.1 Å². The minimum absolute atomic E-state index is 0.0409. The van der Waals surface area contributed by atoms with Crippen molar-refractivity contribution in [3.8, 4) is 5.75 Å². The highest BCUT2D eigenvalue weighted by atomic mass is 16.6. The Bertz CT molecular complexity index is 854. The molecule has 27 heavy (non-hydrogen) atoms. The van der Waals surface area contributed by atoms with E-state index >= 15 is 0 Å². The van der Waals surface area contributed by atoms with Gasteiger partial charge in [0.25, 0.3) is 0 Å². The second-order valence-electron chi connectivity index (χ2n) is 7.95. The summed E-state index contributed by atoms with van der Waals surface area (Å²) < 4.78 is 5.81. The van der Waals surface area contributed by atoms with E-state index in [2.05, 4.69) is 42.2 Å². The quantitative estimate of drug-likeness (QED) is 0.896. The fourth-order valence-corrected chi connectivity index (χ4v) is 4.86. The molecule has 2 aliphatic rings. The van der Waals surface area contributed by atoms with E-state index in [1.807, 2.05) is 49.4 Å². The third kappa shape index (κ3) is 2.86. The number of rotatable bonds is 3. The molecule has 0 unspecified atom stereocenters. The Morgan fingerprint density at radius 1 is 1.19 bits per heavy atom. The molecule has 1 amide bonds. The molecule has 5 heteroatoms. The molecule has 0 aliphatic carbocycles. The third-order valence-electron chi connectivity index (χ3n) is 6.13. The van der Waals surface area contributed by atoms with Crippen LogP contribution in [0, 0.1) is 0 Å². The number of fused-ring (bicyclic) bond motifs is 3. The smallest absolute Gasteiger partial charge is 0.410 e. The Balaban J connectivity index is 1.57. The van der Waals surface area contributed by atoms with E-state index in [0.717, 1.165) is 29.8 Å². The van der Waals surface area contributed by atoms with E-state index in [4.69, 9.17) is 4.74 Å². The number of nitrogens with one attached hydrogen (secondary N) is 1. The van der Waals surface area contributed by atoms with E-state index < -0.39 is 6.09 Å². The molecule has 0 aromatic heterocycles. The minimum Gasteiger partial charge on any atom is -0.410 e. The number of hydrogen-bond donors (Lipinski definition) is 1. The summed E-state index contributed by atoms with van der Waals surface area (Å²) >= 11 is 0. The summed E-state index contributed by atoms with van der Waals surface area (Å²) in [6.45, 7) is 5.28. The molecule has 0 radical (unpaired) electrons. The van der Waals surface area contributed by atoms with Crippen LogP contribution in [0.1, 0.15) is 37.4 Å². The van der Waals surface area contributed by atoms with Crippen LogP contribution in [0.4, 0.5) is 10.5 Å². The molecule has 2 aromatic carbocycles. The van der Waals surface area contributed by atoms with Gasteiger partial charge in [0.15, 0.2) is 0 Å². The number of likely N-dealkylation sites (tertiary alicyclic amines) is 1. The van der Waals surface area contributed by atoms with Crippen LogP contribution in [-0.2, 0) is 5.41 Å². The third-order valence-corrected chi connectivity index (χ3v) is 6.13. The average molecular weight is 365 g/mol. The number of amides is 1. The van der Waals surface area contributed by atoms with Crippen LogP contribution in [0.2, 0.25) is 0 Å². The number of hydrogen-bond acceptors (Lipinski definition) is 4. The molecule has 0 saturated carbocycles. The maximum absolute atomic E-state index is 12.6. The fourth-order valence-electron chi connectivity index (χ4n) is 4.86. The maximum atomic E-state index is 12.6. The Kier molecular flexibility index (Phi) is 4.35. The first-order valence-corrected chi connectivity index (χ1v) is 9.51. The van der Waals surface area contributed by atoms with Gasteiger partial charge in [-0.1, -0.05) is 43.3 Å². The molecule has 1 fully saturated rings. The van der Waals surface area contributed by atoms with Crippen LogP contribution in [0.25, 0.3) is 0 Å². The van der Waals surface area contributed by atoms with Gasteiger partial charge >= 0.3 is 6.09 Å². The number of benzene rings is 2. The Hall–Kier alpha value is -2.53. The summed E-state index contributed by atoms with van der Waals surface area (Å²) in [5.74, 6) is 0.664. The van der Waals surface area contributed by atoms with Gasteiger partial charge in [-0.2, -0.15) is 0 Å². The van der Waals surface area contributed by atoms with Crippen molar-refractivity contribution >= 4 is 11.8 Å². The predicted octanol–water partition coefficient (Wildman–Crippen LogP) is 3.91. The number of likely N-dealkylation sites (N-methyl/N-ethyl adjacent to an activating group) is 2. The van der Waals surface area contributed by atoms with Crippen molar-refractivity contribution < 1.29 is 9.53 Å². The van der Waals surface area contributed by atoms with Crippen molar-refractivity contribution in [2.45, 2.75) is 37.9 Å². The largest absolute Gasteiger partial charge is 0.413 e. The van der Waals surface area contributed by atoms with Crippen molar-refractivity contribution in [2.75, 3.05) is 25.5 Å². The highest BCUT2D eigenvalue weighted by molar-refractivity contribution is 5.75. The van der Waals surface area contributed by atoms with Gasteiger partial charge < -0.3 is 15.0 Å². The predicted molar refractivity (Wildman–Crippen MR) is 107 cm³/mol. The van der Waals surface area contributed by atoms with Gasteiger partial charge in [-0.15, -0.1) is 0 Å². The second-order valence-corrected chi connectivity index (χ2v) is 7.95. The SMILES string of the molecule is C[C@@H](NC(=O)Oc1cccc2c1[C@@]1(C)CCN(C)[C@H]1N2C)c1ccccc1. The number of nitrogens with zero attached hydrogens (tertiary/aromatic N) is 2. The van der Waals surface area contributed by atoms with Crippen molar-refractivity contribution in [3.63, 3.8) is 0 Å². The van der Waals surface area contributed by atoms with Gasteiger partial charge in [-0.3, -0.25) is 4.90 Å². The molecule has 4 rings (SSSR count). The lowest BCUT2D eigenvalue weighted by atomic mass is 9.81. The molecule has 2 heterocycles. The van der Waals surface area contributed by atoms with Crippen LogP contribution >= 0.6 is 0 Å². The number of carbonyl (C=O) groups excluding carboxylic acids is 1. The van der Waals surface area contributed by atoms with Crippen LogP contribution < -0.4 is 15.0 Å². The molecule has 5 nitrogen and oxygen atoms in total. The molecule has 0 bridgehead atoms. The van der Waals surface area contributed by atoms with Crippen LogP contribution in [0.5, 0.6) is 5.75 Å². The van der Waals surface area contributed by atoms with Gasteiger partial charge in [0.2, 0.25) is 0 Å². The summed E-state index contributed by atoms with van der Waals surface area (Å²) in [6.07, 6.45) is 0.929. The lowest BCUT2D eigenvalue weighted by molar-refractivity contribution is 0.195. The fraction of sp³-hybridized carbons (Fsp3) is 0.409. The lowest BCUT2D eigenvalue weighted by Crippen LogP contribution is -2.45. The monoisotopic (exact) mass is 365 g/mol. The number of ether oxygens (including phenoxy) is 1. The molecule has 1 saturated heterocycles. The summed E-state index contributed by atoms with van der Waals surface area (Å²) in [5, 5.41) is 2.94. The number of carbonyl (C=O) groups is 1. The van der Waals surface area contributed by atoms with E-state index in [0.29, 0.717) is 11.9 Å². The first-order valence-electron chi connectivity index (χ1n) is 9.51. The Morgan fingerprint density at radius 3 is 2.67 bits per heavy atom. The average Bonchev–Trinajstić information content (AvgIpc) is 3.08. The van der Waals surface area contributed by atoms with Crippen molar-refractivity contribution in [1.82, 2.24) is 10.2 Å². The van der Waals surface area contributed by atoms with Crippen LogP contribution in [0.15, 0.2) is 48.5 Å². The first kappa shape index (κ1) is 17.9. The van der Waals surface area contributed by atoms with Crippen molar-refractivity contribution in [1.29, 1.82) is 0 Å². The molecular weight excluding hydrogens is 338 g/mol. The second kappa shape index (κ2) is 6.57. The highest BCUT2D eigenvalue weighted by Crippen LogP contribution is 2.54. The van der Waals surface area contributed by atoms with Gasteiger partial charge in [0.05, 0.1) is 12.2 Å². The summed E-state index contributed by atoms with van der Waals surface area (Å²) in [6, 6.07) is 15.8. The summed E-state index contributed by atoms with van der Waals surface area (Å²) in [5.41, 5.74) is 3.30. The molecule has 2 aromatic rings. The highest BCUT2D eigenvalue weighted by Gasteiger charge is 2.53. The van der Waals surface area contributed by atoms with E-state index in [-0.39, 0.29) is 11.5 Å². The standard InChI is InChI=1S/C22H27N3O2/c1-15(16-9-6-5-7-10-16)23-21(26)27-18-12-8-11-17-19(18)22(2)13-14-24(3)20(22)25(17)4/h5-12,15,20H,13-14H2,1-4H3,(H,23,26)/t15-,20+,22-/m1/s1. The van der Waals surface area contributed by atoms with E-state index in [9.17, 15) is 4.79 Å². The zero-order valence-corrected chi connectivity index (χ0v) is 16.4. The van der Waals surface area contributed by atoms with Gasteiger partial charge in [-0.25, -0.2) is 4.79 Å². The van der Waals surface area contributed by atoms with Crippen LogP contribution in [0.3, 0.4) is 0 Å². The first-order chi connectivity index (χ1) is 12.9. The van der Waals surface area contributed by atoms with Crippen molar-refractivity contribution in [3.05, 3.63) is 59.7 Å². The number of anilines is 1. The Morgan fingerprint density at radius 2 is 1.93 bits per heavy atom. The van der Waals surface area contributed by atoms with E-state index in [1.54, 1.807) is 0 Å². The van der Waals surface area contributed by atoms with Gasteiger partial charge in [0, 0.05) is 30.3 Å². The molecule has 142 valence electrons. The van der Waals surface area contributed by atoms with Crippen LogP contribution in [-0.4, -0.2) is 37.8 Å². The van der Waals surface area contributed by atoms with E-state index in [1.165, 1.54) is 0 Å². The maximum Gasteiger partial charge on any atom is 0.413 e. The molecule has 0 spiro atoms. The molecular formula is C22H27N3O2. The molecule has 1 N–H and O–H groups in total.